The number of likely N-dealkylation sites (tertiary alicyclic amines) is 1. The summed E-state index contributed by atoms with van der Waals surface area (Å²) in [6.45, 7) is 6.04. The molecule has 0 bridgehead atoms. The molecule has 1 spiro atoms. The second kappa shape index (κ2) is 11.3. The molecule has 1 fully saturated rings. The Morgan fingerprint density at radius 1 is 1.20 bits per heavy atom. The fourth-order valence-corrected chi connectivity index (χ4v) is 7.33. The van der Waals surface area contributed by atoms with E-state index in [1.165, 1.54) is 17.4 Å². The number of nitrogens with one attached hydrogen (secondary N) is 1. The Hall–Kier alpha value is -2.60. The molecule has 0 saturated carbocycles. The van der Waals surface area contributed by atoms with Gasteiger partial charge < -0.3 is 10.1 Å². The number of benzene rings is 1. The largest absolute Gasteiger partial charge is 0.433 e. The molecular weight excluding hydrogens is 559 g/mol. The van der Waals surface area contributed by atoms with Crippen LogP contribution in [0.1, 0.15) is 62.4 Å². The van der Waals surface area contributed by atoms with E-state index in [0.29, 0.717) is 23.7 Å². The predicted octanol–water partition coefficient (Wildman–Crippen LogP) is 5.59. The molecule has 6 nitrogen and oxygen atoms in total. The van der Waals surface area contributed by atoms with E-state index >= 15 is 0 Å². The van der Waals surface area contributed by atoms with Gasteiger partial charge in [-0.25, -0.2) is 4.98 Å². The van der Waals surface area contributed by atoms with E-state index in [0.717, 1.165) is 64.9 Å². The fraction of sp³-hybridized carbons (Fsp3) is 0.448. The molecule has 214 valence electrons. The summed E-state index contributed by atoms with van der Waals surface area (Å²) in [5, 5.41) is 3.00. The molecule has 0 radical (unpaired) electrons. The summed E-state index contributed by atoms with van der Waals surface area (Å²) >= 11 is 1.49. The minimum atomic E-state index is -4.45. The fourth-order valence-electron chi connectivity index (χ4n) is 5.51. The van der Waals surface area contributed by atoms with Crippen molar-refractivity contribution in [2.24, 2.45) is 0 Å². The lowest BCUT2D eigenvalue weighted by atomic mass is 9.84. The number of ether oxygens (including phenoxy) is 1. The second-order valence-corrected chi connectivity index (χ2v) is 13.0. The highest BCUT2D eigenvalue weighted by Gasteiger charge is 2.44. The van der Waals surface area contributed by atoms with E-state index in [4.69, 9.17) is 4.74 Å². The van der Waals surface area contributed by atoms with Crippen molar-refractivity contribution in [2.45, 2.75) is 69.0 Å². The number of carbonyl (C=O) groups excluding carboxylic acids is 1. The van der Waals surface area contributed by atoms with E-state index in [2.05, 4.69) is 22.1 Å². The number of rotatable bonds is 6. The second-order valence-electron chi connectivity index (χ2n) is 10.6. The summed E-state index contributed by atoms with van der Waals surface area (Å²) in [4.78, 5) is 21.6. The third kappa shape index (κ3) is 6.17. The number of pyridine rings is 1. The number of nitrogens with zero attached hydrogens (tertiary/aromatic N) is 2. The zero-order chi connectivity index (χ0) is 28.7. The molecule has 40 heavy (non-hydrogen) atoms. The van der Waals surface area contributed by atoms with Gasteiger partial charge in [-0.3, -0.25) is 13.9 Å². The summed E-state index contributed by atoms with van der Waals surface area (Å²) in [5.74, 6) is -0.131. The first-order valence-corrected chi connectivity index (χ1v) is 15.6. The lowest BCUT2D eigenvalue weighted by Crippen LogP contribution is -2.47. The Morgan fingerprint density at radius 2 is 1.90 bits per heavy atom. The Kier molecular flexibility index (Phi) is 8.20. The summed E-state index contributed by atoms with van der Waals surface area (Å²) in [6, 6.07) is 11.9. The molecule has 1 unspecified atom stereocenters. The summed E-state index contributed by atoms with van der Waals surface area (Å²) < 4.78 is 57.2. The third-order valence-corrected chi connectivity index (χ3v) is 9.93. The van der Waals surface area contributed by atoms with E-state index < -0.39 is 28.3 Å². The van der Waals surface area contributed by atoms with Gasteiger partial charge in [-0.05, 0) is 74.1 Å². The SMILES string of the molecule is Cc1nc(C(F)(F)F)ccc1CN1CCC2(CC1)O[C@@H](C)Cc1cc(C(=O)NCc3ccc(S(C)=O)cc3)sc12. The quantitative estimate of drug-likeness (QED) is 0.405. The van der Waals surface area contributed by atoms with Crippen LogP contribution in [0.4, 0.5) is 13.2 Å². The van der Waals surface area contributed by atoms with Gasteiger partial charge in [0, 0.05) is 58.7 Å². The van der Waals surface area contributed by atoms with Crippen molar-refractivity contribution < 1.29 is 26.9 Å². The smallest absolute Gasteiger partial charge is 0.366 e. The van der Waals surface area contributed by atoms with Crippen LogP contribution in [0.5, 0.6) is 0 Å². The lowest BCUT2D eigenvalue weighted by Gasteiger charge is -2.45. The maximum absolute atomic E-state index is 13.1. The summed E-state index contributed by atoms with van der Waals surface area (Å²) in [6.07, 6.45) is -0.569. The van der Waals surface area contributed by atoms with E-state index in [-0.39, 0.29) is 12.0 Å². The lowest BCUT2D eigenvalue weighted by molar-refractivity contribution is -0.141. The Morgan fingerprint density at radius 3 is 2.52 bits per heavy atom. The van der Waals surface area contributed by atoms with Gasteiger partial charge in [0.25, 0.3) is 5.91 Å². The maximum Gasteiger partial charge on any atom is 0.433 e. The molecule has 2 aromatic heterocycles. The molecule has 4 heterocycles. The molecule has 1 saturated heterocycles. The average molecular weight is 592 g/mol. The first-order chi connectivity index (χ1) is 18.9. The van der Waals surface area contributed by atoms with Gasteiger partial charge in [0.1, 0.15) is 11.3 Å². The van der Waals surface area contributed by atoms with Crippen LogP contribution < -0.4 is 5.32 Å². The van der Waals surface area contributed by atoms with Crippen LogP contribution in [-0.4, -0.2) is 45.4 Å². The van der Waals surface area contributed by atoms with Gasteiger partial charge in [0.2, 0.25) is 0 Å². The van der Waals surface area contributed by atoms with Crippen LogP contribution in [0.2, 0.25) is 0 Å². The molecular formula is C29H32F3N3O3S2. The maximum atomic E-state index is 13.1. The molecule has 1 N–H and O–H groups in total. The molecule has 5 rings (SSSR count). The van der Waals surface area contributed by atoms with Crippen LogP contribution in [0, 0.1) is 6.92 Å². The minimum Gasteiger partial charge on any atom is -0.366 e. The summed E-state index contributed by atoms with van der Waals surface area (Å²) in [5.41, 5.74) is 1.93. The molecule has 2 aliphatic rings. The number of aromatic nitrogens is 1. The number of alkyl halides is 3. The van der Waals surface area contributed by atoms with Crippen molar-refractivity contribution in [3.05, 3.63) is 80.3 Å². The highest BCUT2D eigenvalue weighted by Crippen LogP contribution is 2.47. The van der Waals surface area contributed by atoms with Crippen molar-refractivity contribution in [1.29, 1.82) is 0 Å². The normalized spacial score (nSPS) is 19.8. The highest BCUT2D eigenvalue weighted by atomic mass is 32.2. The van der Waals surface area contributed by atoms with E-state index in [1.54, 1.807) is 13.2 Å². The van der Waals surface area contributed by atoms with Crippen LogP contribution in [0.25, 0.3) is 0 Å². The predicted molar refractivity (Wildman–Crippen MR) is 149 cm³/mol. The number of thiophene rings is 1. The molecule has 11 heteroatoms. The topological polar surface area (TPSA) is 71.5 Å². The molecule has 1 aromatic carbocycles. The van der Waals surface area contributed by atoms with Gasteiger partial charge in [-0.2, -0.15) is 13.2 Å². The number of hydrogen-bond acceptors (Lipinski definition) is 6. The van der Waals surface area contributed by atoms with Crippen LogP contribution in [0.15, 0.2) is 47.4 Å². The van der Waals surface area contributed by atoms with E-state index in [9.17, 15) is 22.2 Å². The monoisotopic (exact) mass is 591 g/mol. The van der Waals surface area contributed by atoms with Gasteiger partial charge in [0.05, 0.1) is 11.0 Å². The number of hydrogen-bond donors (Lipinski definition) is 1. The number of fused-ring (bicyclic) bond motifs is 2. The van der Waals surface area contributed by atoms with Crippen LogP contribution in [0.3, 0.4) is 0 Å². The first kappa shape index (κ1) is 28.9. The Balaban J connectivity index is 1.25. The van der Waals surface area contributed by atoms with Crippen molar-refractivity contribution in [2.75, 3.05) is 19.3 Å². The number of amides is 1. The molecule has 0 aliphatic carbocycles. The number of aryl methyl sites for hydroxylation is 1. The zero-order valence-electron chi connectivity index (χ0n) is 22.6. The van der Waals surface area contributed by atoms with Crippen molar-refractivity contribution in [3.8, 4) is 0 Å². The van der Waals surface area contributed by atoms with Gasteiger partial charge in [-0.15, -0.1) is 11.3 Å². The molecule has 1 amide bonds. The van der Waals surface area contributed by atoms with Gasteiger partial charge in [-0.1, -0.05) is 18.2 Å². The van der Waals surface area contributed by atoms with Crippen LogP contribution in [-0.2, 0) is 46.8 Å². The standard InChI is InChI=1S/C29H32F3N3O3S2/c1-18-14-22-15-24(27(36)33-16-20-4-7-23(8-5-20)40(3)37)39-26(22)28(38-18)10-12-35(13-11-28)17-21-6-9-25(29(30,31)32)34-19(21)2/h4-9,15,18H,10-14,16-17H2,1-3H3,(H,33,36)/t18-,40?/m0/s1. The highest BCUT2D eigenvalue weighted by molar-refractivity contribution is 7.84. The number of piperidine rings is 1. The van der Waals surface area contributed by atoms with Crippen molar-refractivity contribution in [3.63, 3.8) is 0 Å². The van der Waals surface area contributed by atoms with Crippen molar-refractivity contribution in [1.82, 2.24) is 15.2 Å². The number of halogens is 3. The van der Waals surface area contributed by atoms with Gasteiger partial charge in [0.15, 0.2) is 0 Å². The number of carbonyl (C=O) groups is 1. The van der Waals surface area contributed by atoms with Crippen molar-refractivity contribution >= 4 is 28.0 Å². The Labute approximate surface area is 238 Å². The average Bonchev–Trinajstić information content (AvgIpc) is 3.34. The molecule has 2 atom stereocenters. The van der Waals surface area contributed by atoms with Crippen LogP contribution >= 0.6 is 11.3 Å². The third-order valence-electron chi connectivity index (χ3n) is 7.63. The van der Waals surface area contributed by atoms with E-state index in [1.807, 2.05) is 30.3 Å². The molecule has 2 aliphatic heterocycles. The minimum absolute atomic E-state index is 0.0218. The van der Waals surface area contributed by atoms with Gasteiger partial charge >= 0.3 is 6.18 Å². The molecule has 3 aromatic rings. The summed E-state index contributed by atoms with van der Waals surface area (Å²) in [7, 11) is -1.04. The zero-order valence-corrected chi connectivity index (χ0v) is 24.3. The first-order valence-electron chi connectivity index (χ1n) is 13.2. The Bertz CT molecular complexity index is 1410.